The monoisotopic (exact) mass is 306 g/mol. The molecule has 4 bridgehead atoms. The summed E-state index contributed by atoms with van der Waals surface area (Å²) >= 11 is 0. The lowest BCUT2D eigenvalue weighted by atomic mass is 10.3. The van der Waals surface area contributed by atoms with Gasteiger partial charge < -0.3 is 9.80 Å². The van der Waals surface area contributed by atoms with E-state index in [4.69, 9.17) is 9.97 Å². The molecule has 4 saturated heterocycles. The predicted octanol–water partition coefficient (Wildman–Crippen LogP) is -0.997. The Morgan fingerprint density at radius 2 is 1.14 bits per heavy atom. The van der Waals surface area contributed by atoms with Crippen molar-refractivity contribution in [2.24, 2.45) is 0 Å². The minimum Gasteiger partial charge on any atom is -0.347 e. The zero-order valence-electron chi connectivity index (χ0n) is 13.8. The van der Waals surface area contributed by atoms with Gasteiger partial charge in [0.15, 0.2) is 0 Å². The van der Waals surface area contributed by atoms with E-state index in [-0.39, 0.29) is 0 Å². The van der Waals surface area contributed by atoms with Crippen molar-refractivity contribution < 1.29 is 0 Å². The average Bonchev–Trinajstić information content (AvgIpc) is 2.45. The van der Waals surface area contributed by atoms with Gasteiger partial charge in [0.2, 0.25) is 11.9 Å². The largest absolute Gasteiger partial charge is 0.347 e. The second-order valence-electron chi connectivity index (χ2n) is 7.03. The van der Waals surface area contributed by atoms with Crippen molar-refractivity contribution >= 4 is 17.8 Å². The van der Waals surface area contributed by atoms with Crippen LogP contribution in [0, 0.1) is 0 Å². The van der Waals surface area contributed by atoms with Crippen LogP contribution in [0.4, 0.5) is 17.8 Å². The highest BCUT2D eigenvalue weighted by Gasteiger charge is 2.52. The van der Waals surface area contributed by atoms with Gasteiger partial charge in [-0.3, -0.25) is 0 Å². The molecule has 4 fully saturated rings. The fourth-order valence-electron chi connectivity index (χ4n) is 3.68. The van der Waals surface area contributed by atoms with Crippen molar-refractivity contribution in [1.82, 2.24) is 34.1 Å². The van der Waals surface area contributed by atoms with Gasteiger partial charge in [0.25, 0.3) is 0 Å². The molecule has 1 aromatic rings. The summed E-state index contributed by atoms with van der Waals surface area (Å²) in [4.78, 5) is 25.4. The number of rotatable bonds is 3. The Morgan fingerprint density at radius 1 is 0.727 bits per heavy atom. The van der Waals surface area contributed by atoms with E-state index in [1.54, 1.807) is 0 Å². The molecule has 0 unspecified atom stereocenters. The molecular weight excluding hydrogens is 282 g/mol. The van der Waals surface area contributed by atoms with Crippen LogP contribution in [0.5, 0.6) is 0 Å². The van der Waals surface area contributed by atoms with Gasteiger partial charge >= 0.3 is 5.95 Å². The molecule has 0 atom stereocenters. The van der Waals surface area contributed by atoms with Crippen molar-refractivity contribution in [3.63, 3.8) is 0 Å². The first-order chi connectivity index (χ1) is 10.4. The summed E-state index contributed by atoms with van der Waals surface area (Å²) in [7, 11) is 7.90. The molecule has 0 aromatic carbocycles. The van der Waals surface area contributed by atoms with Crippen molar-refractivity contribution in [2.75, 3.05) is 78.0 Å². The number of anilines is 2. The zero-order chi connectivity index (χ0) is 15.5. The van der Waals surface area contributed by atoms with Crippen LogP contribution >= 0.6 is 0 Å². The van der Waals surface area contributed by atoms with E-state index in [0.29, 0.717) is 0 Å². The first-order valence-electron chi connectivity index (χ1n) is 7.60. The number of quaternary nitrogens is 1. The summed E-state index contributed by atoms with van der Waals surface area (Å²) in [5, 5.41) is 0. The molecule has 0 amide bonds. The second kappa shape index (κ2) is 4.72. The van der Waals surface area contributed by atoms with E-state index in [1.807, 2.05) is 38.0 Å². The first-order valence-corrected chi connectivity index (χ1v) is 7.60. The van der Waals surface area contributed by atoms with Crippen LogP contribution in [0.1, 0.15) is 0 Å². The second-order valence-corrected chi connectivity index (χ2v) is 7.03. The maximum atomic E-state index is 4.77. The van der Waals surface area contributed by atoms with Gasteiger partial charge in [-0.2, -0.15) is 4.98 Å². The topological polar surface area (TPSA) is 54.9 Å². The van der Waals surface area contributed by atoms with E-state index >= 15 is 0 Å². The number of hydrogen-bond acceptors (Lipinski definition) is 8. The highest BCUT2D eigenvalue weighted by atomic mass is 15.7. The molecule has 0 radical (unpaired) electrons. The van der Waals surface area contributed by atoms with Crippen LogP contribution in [0.15, 0.2) is 0 Å². The minimum atomic E-state index is 0.725. The third kappa shape index (κ3) is 2.12. The quantitative estimate of drug-likeness (QED) is 0.660. The van der Waals surface area contributed by atoms with Crippen molar-refractivity contribution in [2.45, 2.75) is 0 Å². The molecule has 5 heterocycles. The number of hydrogen-bond donors (Lipinski definition) is 0. The van der Waals surface area contributed by atoms with E-state index in [1.165, 1.54) is 0 Å². The van der Waals surface area contributed by atoms with Crippen LogP contribution in [0.3, 0.4) is 0 Å². The maximum absolute atomic E-state index is 4.77. The average molecular weight is 306 g/mol. The molecule has 1 aromatic heterocycles. The minimum absolute atomic E-state index is 0.725. The Hall–Kier alpha value is -1.55. The van der Waals surface area contributed by atoms with Gasteiger partial charge in [0.1, 0.15) is 20.0 Å². The zero-order valence-corrected chi connectivity index (χ0v) is 13.8. The SMILES string of the molecule is CN(C)c1nc(N(C)C)nc([N+]23CN4CN(CN(C4)C2)C3)n1. The Kier molecular flexibility index (Phi) is 3.02. The highest BCUT2D eigenvalue weighted by Crippen LogP contribution is 2.33. The summed E-state index contributed by atoms with van der Waals surface area (Å²) in [5.74, 6) is 2.33. The smallest absolute Gasteiger partial charge is 0.338 e. The fourth-order valence-corrected chi connectivity index (χ4v) is 3.68. The van der Waals surface area contributed by atoms with Crippen LogP contribution in [-0.4, -0.2) is 97.9 Å². The van der Waals surface area contributed by atoms with Gasteiger partial charge in [-0.1, -0.05) is 0 Å². The lowest BCUT2D eigenvalue weighted by Gasteiger charge is -2.59. The molecule has 22 heavy (non-hydrogen) atoms. The summed E-state index contributed by atoms with van der Waals surface area (Å²) in [6, 6.07) is 0. The van der Waals surface area contributed by atoms with Gasteiger partial charge in [0, 0.05) is 28.2 Å². The predicted molar refractivity (Wildman–Crippen MR) is 85.0 cm³/mol. The Bertz CT molecular complexity index is 523. The third-order valence-electron chi connectivity index (χ3n) is 4.44. The van der Waals surface area contributed by atoms with Crippen molar-refractivity contribution in [3.8, 4) is 0 Å². The van der Waals surface area contributed by atoms with Crippen LogP contribution < -0.4 is 14.3 Å². The number of aromatic nitrogens is 3. The summed E-state index contributed by atoms with van der Waals surface area (Å²) in [5.41, 5.74) is 0. The van der Waals surface area contributed by atoms with E-state index in [9.17, 15) is 0 Å². The van der Waals surface area contributed by atoms with E-state index in [0.717, 1.165) is 62.3 Å². The van der Waals surface area contributed by atoms with E-state index < -0.39 is 0 Å². The lowest BCUT2D eigenvalue weighted by Crippen LogP contribution is -2.80. The lowest BCUT2D eigenvalue weighted by molar-refractivity contribution is -0.191. The van der Waals surface area contributed by atoms with Crippen molar-refractivity contribution in [1.29, 1.82) is 0 Å². The molecule has 9 heteroatoms. The maximum Gasteiger partial charge on any atom is 0.338 e. The molecule has 4 aliphatic rings. The molecule has 5 rings (SSSR count). The van der Waals surface area contributed by atoms with E-state index in [2.05, 4.69) is 19.7 Å². The molecule has 4 aliphatic heterocycles. The van der Waals surface area contributed by atoms with Gasteiger partial charge in [-0.15, -0.1) is 9.97 Å². The molecule has 0 spiro atoms. The first kappa shape index (κ1) is 14.1. The standard InChI is InChI=1S/C13H24N9/c1-17(2)11-14-12(18(3)4)16-13(15-11)22-8-19-5-20(9-22)7-21(6-19)10-22/h5-10H2,1-4H3/q+1. The van der Waals surface area contributed by atoms with Gasteiger partial charge in [-0.25, -0.2) is 19.2 Å². The molecule has 0 N–H and O–H groups in total. The highest BCUT2D eigenvalue weighted by molar-refractivity contribution is 5.44. The van der Waals surface area contributed by atoms with Crippen LogP contribution in [0.2, 0.25) is 0 Å². The fraction of sp³-hybridized carbons (Fsp3) is 0.769. The summed E-state index contributed by atoms with van der Waals surface area (Å²) < 4.78 is 0.782. The van der Waals surface area contributed by atoms with Gasteiger partial charge in [0.05, 0.1) is 20.0 Å². The van der Waals surface area contributed by atoms with Crippen LogP contribution in [0.25, 0.3) is 0 Å². The number of nitrogens with zero attached hydrogens (tertiary/aromatic N) is 9. The summed E-state index contributed by atoms with van der Waals surface area (Å²) in [6.07, 6.45) is 0. The Labute approximate surface area is 130 Å². The molecule has 120 valence electrons. The Morgan fingerprint density at radius 3 is 1.50 bits per heavy atom. The third-order valence-corrected chi connectivity index (χ3v) is 4.44. The summed E-state index contributed by atoms with van der Waals surface area (Å²) in [6.45, 7) is 6.12. The Balaban J connectivity index is 1.78. The molecule has 0 saturated carbocycles. The van der Waals surface area contributed by atoms with Gasteiger partial charge in [-0.05, 0) is 0 Å². The molecule has 9 nitrogen and oxygen atoms in total. The normalized spacial score (nSPS) is 35.7. The molecular formula is C13H24N9+. The van der Waals surface area contributed by atoms with Crippen molar-refractivity contribution in [3.05, 3.63) is 0 Å². The molecule has 0 aliphatic carbocycles. The van der Waals surface area contributed by atoms with Crippen LogP contribution in [-0.2, 0) is 0 Å².